The first-order valence-electron chi connectivity index (χ1n) is 8.18. The summed E-state index contributed by atoms with van der Waals surface area (Å²) < 4.78 is 5.53. The number of aromatic nitrogens is 4. The highest BCUT2D eigenvalue weighted by Gasteiger charge is 2.35. The molecule has 4 rings (SSSR count). The van der Waals surface area contributed by atoms with Gasteiger partial charge in [0.05, 0.1) is 35.5 Å². The van der Waals surface area contributed by atoms with Gasteiger partial charge in [0.2, 0.25) is 5.95 Å². The van der Waals surface area contributed by atoms with Gasteiger partial charge in [-0.1, -0.05) is 0 Å². The van der Waals surface area contributed by atoms with E-state index in [9.17, 15) is 5.11 Å². The Labute approximate surface area is 144 Å². The third-order valence-electron chi connectivity index (χ3n) is 4.78. The predicted octanol–water partition coefficient (Wildman–Crippen LogP) is 1.19. The maximum atomic E-state index is 9.86. The molecule has 0 saturated carbocycles. The van der Waals surface area contributed by atoms with Crippen molar-refractivity contribution in [3.63, 3.8) is 0 Å². The summed E-state index contributed by atoms with van der Waals surface area (Å²) in [4.78, 5) is 18.1. The van der Waals surface area contributed by atoms with Crippen molar-refractivity contribution in [2.24, 2.45) is 0 Å². The quantitative estimate of drug-likeness (QED) is 0.654. The van der Waals surface area contributed by atoms with Crippen LogP contribution >= 0.6 is 0 Å². The molecule has 0 unspecified atom stereocenters. The Balaban J connectivity index is 1.86. The van der Waals surface area contributed by atoms with E-state index in [-0.39, 0.29) is 24.7 Å². The molecule has 4 heterocycles. The Hall–Kier alpha value is -2.71. The van der Waals surface area contributed by atoms with E-state index < -0.39 is 0 Å². The lowest BCUT2D eigenvalue weighted by atomic mass is 10.1. The van der Waals surface area contributed by atoms with Crippen molar-refractivity contribution in [2.45, 2.75) is 18.6 Å². The summed E-state index contributed by atoms with van der Waals surface area (Å²) in [6.07, 6.45) is 6.15. The minimum absolute atomic E-state index is 0.00491. The molecule has 1 aliphatic rings. The highest BCUT2D eigenvalue weighted by atomic mass is 16.5. The summed E-state index contributed by atoms with van der Waals surface area (Å²) >= 11 is 0. The summed E-state index contributed by atoms with van der Waals surface area (Å²) in [6.45, 7) is 0.835. The van der Waals surface area contributed by atoms with Gasteiger partial charge in [-0.15, -0.1) is 0 Å². The number of anilines is 2. The van der Waals surface area contributed by atoms with Crippen molar-refractivity contribution in [3.8, 4) is 11.3 Å². The molecule has 3 aromatic heterocycles. The van der Waals surface area contributed by atoms with Crippen molar-refractivity contribution in [1.29, 1.82) is 0 Å². The van der Waals surface area contributed by atoms with Gasteiger partial charge in [-0.25, -0.2) is 15.0 Å². The van der Waals surface area contributed by atoms with Gasteiger partial charge in [-0.05, 0) is 18.6 Å². The van der Waals surface area contributed by atoms with Crippen LogP contribution in [0.15, 0.2) is 30.7 Å². The molecule has 25 heavy (non-hydrogen) atoms. The van der Waals surface area contributed by atoms with E-state index in [1.54, 1.807) is 19.5 Å². The number of hydrogen-bond donors (Lipinski definition) is 3. The van der Waals surface area contributed by atoms with E-state index >= 15 is 0 Å². The number of nitrogen functional groups attached to an aromatic ring is 1. The first kappa shape index (κ1) is 15.8. The van der Waals surface area contributed by atoms with Gasteiger partial charge in [0, 0.05) is 37.8 Å². The van der Waals surface area contributed by atoms with E-state index in [0.29, 0.717) is 0 Å². The molecule has 1 saturated heterocycles. The van der Waals surface area contributed by atoms with E-state index in [1.165, 1.54) is 0 Å². The molecule has 130 valence electrons. The van der Waals surface area contributed by atoms with Crippen LogP contribution in [-0.2, 0) is 4.74 Å². The van der Waals surface area contributed by atoms with E-state index in [1.807, 2.05) is 18.3 Å². The Morgan fingerprint density at radius 3 is 2.96 bits per heavy atom. The minimum Gasteiger partial charge on any atom is -0.394 e. The van der Waals surface area contributed by atoms with Crippen LogP contribution < -0.4 is 10.6 Å². The smallest absolute Gasteiger partial charge is 0.220 e. The normalized spacial score (nSPS) is 20.5. The number of ether oxygens (including phenoxy) is 1. The van der Waals surface area contributed by atoms with Crippen LogP contribution in [0.25, 0.3) is 22.3 Å². The molecular weight excluding hydrogens is 320 g/mol. The fraction of sp³-hybridized carbons (Fsp3) is 0.353. The number of nitrogens with two attached hydrogens (primary N) is 1. The van der Waals surface area contributed by atoms with Crippen molar-refractivity contribution >= 4 is 22.7 Å². The monoisotopic (exact) mass is 340 g/mol. The Morgan fingerprint density at radius 2 is 2.20 bits per heavy atom. The first-order valence-corrected chi connectivity index (χ1v) is 8.18. The number of fused-ring (bicyclic) bond motifs is 1. The van der Waals surface area contributed by atoms with Gasteiger partial charge in [-0.3, -0.25) is 0 Å². The Bertz CT molecular complexity index is 896. The summed E-state index contributed by atoms with van der Waals surface area (Å²) in [5.74, 6) is 0.228. The van der Waals surface area contributed by atoms with Crippen LogP contribution in [0.4, 0.5) is 11.6 Å². The van der Waals surface area contributed by atoms with Crippen LogP contribution in [0.2, 0.25) is 0 Å². The Kier molecular flexibility index (Phi) is 3.98. The van der Waals surface area contributed by atoms with Crippen LogP contribution in [0, 0.1) is 0 Å². The van der Waals surface area contributed by atoms with Crippen LogP contribution in [-0.4, -0.2) is 57.4 Å². The zero-order valence-corrected chi connectivity index (χ0v) is 13.9. The number of aliphatic hydroxyl groups is 1. The third kappa shape index (κ3) is 2.59. The van der Waals surface area contributed by atoms with Crippen molar-refractivity contribution in [3.05, 3.63) is 30.7 Å². The minimum atomic E-state index is -0.0891. The molecule has 8 heteroatoms. The molecule has 2 atom stereocenters. The summed E-state index contributed by atoms with van der Waals surface area (Å²) in [5.41, 5.74) is 9.14. The van der Waals surface area contributed by atoms with Crippen molar-refractivity contribution in [1.82, 2.24) is 19.9 Å². The molecule has 8 nitrogen and oxygen atoms in total. The highest BCUT2D eigenvalue weighted by molar-refractivity contribution is 6.02. The number of aromatic amines is 1. The number of nitrogens with one attached hydrogen (secondary N) is 1. The second-order valence-electron chi connectivity index (χ2n) is 6.06. The molecule has 0 aliphatic carbocycles. The first-order chi connectivity index (χ1) is 12.2. The molecule has 0 radical (unpaired) electrons. The maximum Gasteiger partial charge on any atom is 0.220 e. The van der Waals surface area contributed by atoms with Gasteiger partial charge in [0.1, 0.15) is 5.65 Å². The fourth-order valence-electron chi connectivity index (χ4n) is 3.62. The molecule has 0 amide bonds. The third-order valence-corrected chi connectivity index (χ3v) is 4.78. The zero-order valence-electron chi connectivity index (χ0n) is 13.9. The average molecular weight is 340 g/mol. The zero-order chi connectivity index (χ0) is 17.4. The molecule has 4 N–H and O–H groups in total. The number of pyridine rings is 1. The Morgan fingerprint density at radius 1 is 1.36 bits per heavy atom. The van der Waals surface area contributed by atoms with Crippen molar-refractivity contribution in [2.75, 3.05) is 30.9 Å². The molecule has 1 aliphatic heterocycles. The number of aliphatic hydroxyl groups excluding tert-OH is 1. The molecule has 3 aromatic rings. The summed E-state index contributed by atoms with van der Waals surface area (Å²) in [5, 5.41) is 10.8. The predicted molar refractivity (Wildman–Crippen MR) is 95.2 cm³/mol. The number of methoxy groups -OCH3 is 1. The summed E-state index contributed by atoms with van der Waals surface area (Å²) in [6, 6.07) is 3.69. The highest BCUT2D eigenvalue weighted by Crippen LogP contribution is 2.37. The van der Waals surface area contributed by atoms with Gasteiger partial charge in [-0.2, -0.15) is 0 Å². The van der Waals surface area contributed by atoms with Gasteiger partial charge in [0.25, 0.3) is 0 Å². The number of nitrogens with zero attached hydrogens (tertiary/aromatic N) is 4. The standard InChI is InChI=1S/C17H20N6O2/c1-25-14-4-7-23(13(14)9-24)12-3-6-19-16-15(12)10(8-21-16)11-2-5-20-17(18)22-11/h2-3,5-6,8,13-14,24H,4,7,9H2,1H3,(H,19,21)(H2,18,20,22)/t13-,14+/m1/s1. The molecule has 0 aromatic carbocycles. The average Bonchev–Trinajstić information content (AvgIpc) is 3.25. The van der Waals surface area contributed by atoms with E-state index in [0.717, 1.165) is 40.9 Å². The summed E-state index contributed by atoms with van der Waals surface area (Å²) in [7, 11) is 1.68. The topological polar surface area (TPSA) is 113 Å². The van der Waals surface area contributed by atoms with Crippen LogP contribution in [0.3, 0.4) is 0 Å². The number of rotatable bonds is 4. The van der Waals surface area contributed by atoms with E-state index in [2.05, 4.69) is 24.8 Å². The van der Waals surface area contributed by atoms with Crippen LogP contribution in [0.1, 0.15) is 6.42 Å². The lowest BCUT2D eigenvalue weighted by molar-refractivity contribution is 0.0754. The van der Waals surface area contributed by atoms with E-state index in [4.69, 9.17) is 10.5 Å². The van der Waals surface area contributed by atoms with Gasteiger partial charge >= 0.3 is 0 Å². The molecule has 1 fully saturated rings. The fourth-order valence-corrected chi connectivity index (χ4v) is 3.62. The lowest BCUT2D eigenvalue weighted by Gasteiger charge is -2.28. The second kappa shape index (κ2) is 6.30. The number of hydrogen-bond acceptors (Lipinski definition) is 7. The van der Waals surface area contributed by atoms with Crippen LogP contribution in [0.5, 0.6) is 0 Å². The molecule has 0 bridgehead atoms. The SMILES string of the molecule is CO[C@H]1CCN(c2ccnc3[nH]cc(-c4ccnc(N)n4)c23)[C@@H]1CO. The molecule has 0 spiro atoms. The van der Waals surface area contributed by atoms with Crippen molar-refractivity contribution < 1.29 is 9.84 Å². The second-order valence-corrected chi connectivity index (χ2v) is 6.06. The van der Waals surface area contributed by atoms with Gasteiger partial charge in [0.15, 0.2) is 0 Å². The van der Waals surface area contributed by atoms with Gasteiger partial charge < -0.3 is 25.5 Å². The maximum absolute atomic E-state index is 9.86. The lowest BCUT2D eigenvalue weighted by Crippen LogP contribution is -2.39. The number of H-pyrrole nitrogens is 1. The molecular formula is C17H20N6O2. The largest absolute Gasteiger partial charge is 0.394 e.